The molecule has 0 spiro atoms. The van der Waals surface area contributed by atoms with Gasteiger partial charge in [-0.3, -0.25) is 9.59 Å². The van der Waals surface area contributed by atoms with E-state index in [1.54, 1.807) is 4.90 Å². The third-order valence-corrected chi connectivity index (χ3v) is 4.20. The highest BCUT2D eigenvalue weighted by Crippen LogP contribution is 2.26. The summed E-state index contributed by atoms with van der Waals surface area (Å²) in [5.74, 6) is -1.52. The molecule has 0 bridgehead atoms. The molecule has 3 rings (SSSR count). The first-order chi connectivity index (χ1) is 10.0. The average molecular weight is 294 g/mol. The predicted octanol–water partition coefficient (Wildman–Crippen LogP) is 1.24. The molecule has 6 heteroatoms. The second-order valence-corrected chi connectivity index (χ2v) is 5.69. The van der Waals surface area contributed by atoms with E-state index in [4.69, 9.17) is 0 Å². The number of likely N-dealkylation sites (tertiary alicyclic amines) is 1. The Balaban J connectivity index is 1.53. The predicted molar refractivity (Wildman–Crippen MR) is 71.3 cm³/mol. The third kappa shape index (κ3) is 2.89. The molecular weight excluding hydrogens is 278 g/mol. The second-order valence-electron chi connectivity index (χ2n) is 5.69. The maximum atomic E-state index is 13.1. The number of halogens is 2. The van der Waals surface area contributed by atoms with Gasteiger partial charge in [-0.1, -0.05) is 6.07 Å². The number of carbonyl (C=O) groups is 2. The van der Waals surface area contributed by atoms with E-state index >= 15 is 0 Å². The van der Waals surface area contributed by atoms with Crippen molar-refractivity contribution in [3.63, 3.8) is 0 Å². The van der Waals surface area contributed by atoms with Gasteiger partial charge in [0.15, 0.2) is 11.6 Å². The molecule has 2 amide bonds. The van der Waals surface area contributed by atoms with Crippen molar-refractivity contribution in [2.75, 3.05) is 13.1 Å². The molecule has 0 radical (unpaired) electrons. The number of rotatable bonds is 3. The second kappa shape index (κ2) is 5.42. The molecule has 112 valence electrons. The molecule has 1 aromatic rings. The maximum Gasteiger partial charge on any atom is 0.222 e. The first kappa shape index (κ1) is 14.0. The molecule has 2 heterocycles. The van der Waals surface area contributed by atoms with Crippen molar-refractivity contribution in [1.82, 2.24) is 10.2 Å². The van der Waals surface area contributed by atoms with Gasteiger partial charge in [0, 0.05) is 31.8 Å². The lowest BCUT2D eigenvalue weighted by Crippen LogP contribution is -2.35. The van der Waals surface area contributed by atoms with Crippen LogP contribution in [0.5, 0.6) is 0 Å². The van der Waals surface area contributed by atoms with Gasteiger partial charge in [-0.2, -0.15) is 0 Å². The van der Waals surface area contributed by atoms with Crippen molar-refractivity contribution < 1.29 is 18.4 Å². The van der Waals surface area contributed by atoms with Gasteiger partial charge in [-0.25, -0.2) is 8.78 Å². The molecular formula is C15H16F2N2O2. The van der Waals surface area contributed by atoms with Gasteiger partial charge in [-0.05, 0) is 24.1 Å². The summed E-state index contributed by atoms with van der Waals surface area (Å²) < 4.78 is 25.9. The van der Waals surface area contributed by atoms with Crippen LogP contribution in [0.15, 0.2) is 18.2 Å². The number of hydrogen-bond acceptors (Lipinski definition) is 2. The third-order valence-electron chi connectivity index (χ3n) is 4.20. The van der Waals surface area contributed by atoms with Gasteiger partial charge in [0.25, 0.3) is 0 Å². The number of amides is 2. The van der Waals surface area contributed by atoms with Crippen LogP contribution in [0.25, 0.3) is 0 Å². The minimum Gasteiger partial charge on any atom is -0.351 e. The monoisotopic (exact) mass is 294 g/mol. The van der Waals surface area contributed by atoms with Crippen LogP contribution in [0.3, 0.4) is 0 Å². The Morgan fingerprint density at radius 3 is 2.81 bits per heavy atom. The van der Waals surface area contributed by atoms with Gasteiger partial charge in [0.05, 0.1) is 6.04 Å². The highest BCUT2D eigenvalue weighted by atomic mass is 19.2. The topological polar surface area (TPSA) is 49.4 Å². The normalized spacial score (nSPS) is 24.1. The molecule has 2 saturated heterocycles. The summed E-state index contributed by atoms with van der Waals surface area (Å²) in [6.07, 6.45) is 1.13. The minimum absolute atomic E-state index is 0.0108. The zero-order valence-electron chi connectivity index (χ0n) is 11.4. The van der Waals surface area contributed by atoms with Crippen molar-refractivity contribution in [3.8, 4) is 0 Å². The van der Waals surface area contributed by atoms with Gasteiger partial charge in [0.2, 0.25) is 11.8 Å². The number of nitrogens with zero attached hydrogens (tertiary/aromatic N) is 1. The lowest BCUT2D eigenvalue weighted by molar-refractivity contribution is -0.131. The number of aryl methyl sites for hydroxylation is 1. The number of nitrogens with one attached hydrogen (secondary N) is 1. The summed E-state index contributed by atoms with van der Waals surface area (Å²) in [5, 5.41) is 2.86. The number of carbonyl (C=O) groups excluding carboxylic acids is 2. The summed E-state index contributed by atoms with van der Waals surface area (Å²) >= 11 is 0. The van der Waals surface area contributed by atoms with E-state index in [0.717, 1.165) is 12.1 Å². The largest absolute Gasteiger partial charge is 0.351 e. The molecule has 21 heavy (non-hydrogen) atoms. The summed E-state index contributed by atoms with van der Waals surface area (Å²) in [6, 6.07) is 3.77. The lowest BCUT2D eigenvalue weighted by Gasteiger charge is -2.17. The van der Waals surface area contributed by atoms with Crippen molar-refractivity contribution >= 4 is 11.8 Å². The molecule has 0 saturated carbocycles. The van der Waals surface area contributed by atoms with Crippen LogP contribution in [0, 0.1) is 17.6 Å². The molecule has 0 aliphatic carbocycles. The van der Waals surface area contributed by atoms with Crippen LogP contribution in [0.1, 0.15) is 18.4 Å². The Hall–Kier alpha value is -1.98. The van der Waals surface area contributed by atoms with Crippen molar-refractivity contribution in [2.45, 2.75) is 25.3 Å². The first-order valence-electron chi connectivity index (χ1n) is 7.04. The molecule has 2 aliphatic rings. The zero-order valence-corrected chi connectivity index (χ0v) is 11.4. The highest BCUT2D eigenvalue weighted by molar-refractivity contribution is 5.81. The number of benzene rings is 1. The smallest absolute Gasteiger partial charge is 0.222 e. The quantitative estimate of drug-likeness (QED) is 0.912. The lowest BCUT2D eigenvalue weighted by atomic mass is 10.1. The molecule has 1 aromatic carbocycles. The van der Waals surface area contributed by atoms with E-state index in [2.05, 4.69) is 5.32 Å². The van der Waals surface area contributed by atoms with Gasteiger partial charge < -0.3 is 10.2 Å². The standard InChI is InChI=1S/C15H16F2N2O2/c16-11-3-1-9(5-12(11)17)2-4-15(21)19-7-10-6-14(20)18-13(10)8-19/h1,3,5,10,13H,2,4,6-8H2,(H,18,20)/t10-,13+/m0/s1. The Bertz CT molecular complexity index is 575. The Labute approximate surface area is 121 Å². The van der Waals surface area contributed by atoms with E-state index < -0.39 is 11.6 Å². The van der Waals surface area contributed by atoms with Gasteiger partial charge >= 0.3 is 0 Å². The zero-order chi connectivity index (χ0) is 15.0. The van der Waals surface area contributed by atoms with Crippen molar-refractivity contribution in [3.05, 3.63) is 35.4 Å². The summed E-state index contributed by atoms with van der Waals surface area (Å²) in [4.78, 5) is 25.1. The van der Waals surface area contributed by atoms with Crippen LogP contribution >= 0.6 is 0 Å². The van der Waals surface area contributed by atoms with Crippen molar-refractivity contribution in [2.24, 2.45) is 5.92 Å². The highest BCUT2D eigenvalue weighted by Gasteiger charge is 2.41. The molecule has 2 atom stereocenters. The van der Waals surface area contributed by atoms with Crippen LogP contribution in [0.4, 0.5) is 8.78 Å². The first-order valence-corrected chi connectivity index (χ1v) is 7.04. The average Bonchev–Trinajstić information content (AvgIpc) is 2.97. The minimum atomic E-state index is -0.890. The van der Waals surface area contributed by atoms with Gasteiger partial charge in [-0.15, -0.1) is 0 Å². The Kier molecular flexibility index (Phi) is 3.61. The Morgan fingerprint density at radius 1 is 1.29 bits per heavy atom. The van der Waals surface area contributed by atoms with E-state index in [0.29, 0.717) is 31.5 Å². The molecule has 0 aromatic heterocycles. The number of hydrogen-bond donors (Lipinski definition) is 1. The summed E-state index contributed by atoms with van der Waals surface area (Å²) in [7, 11) is 0. The van der Waals surface area contributed by atoms with Crippen LogP contribution < -0.4 is 5.32 Å². The van der Waals surface area contributed by atoms with Crippen LogP contribution in [-0.2, 0) is 16.0 Å². The Morgan fingerprint density at radius 2 is 2.10 bits per heavy atom. The SMILES string of the molecule is O=C1C[C@H]2CN(C(=O)CCc3ccc(F)c(F)c3)C[C@H]2N1. The fraction of sp³-hybridized carbons (Fsp3) is 0.467. The molecule has 4 nitrogen and oxygen atoms in total. The number of fused-ring (bicyclic) bond motifs is 1. The van der Waals surface area contributed by atoms with E-state index in [1.807, 2.05) is 0 Å². The molecule has 2 fully saturated rings. The molecule has 2 aliphatic heterocycles. The molecule has 0 unspecified atom stereocenters. The fourth-order valence-corrected chi connectivity index (χ4v) is 3.05. The van der Waals surface area contributed by atoms with E-state index in [9.17, 15) is 18.4 Å². The van der Waals surface area contributed by atoms with E-state index in [-0.39, 0.29) is 30.2 Å². The van der Waals surface area contributed by atoms with Crippen LogP contribution in [-0.4, -0.2) is 35.8 Å². The maximum absolute atomic E-state index is 13.1. The summed E-state index contributed by atoms with van der Waals surface area (Å²) in [6.45, 7) is 1.15. The van der Waals surface area contributed by atoms with E-state index in [1.165, 1.54) is 6.07 Å². The molecule has 1 N–H and O–H groups in total. The van der Waals surface area contributed by atoms with Crippen LogP contribution in [0.2, 0.25) is 0 Å². The fourth-order valence-electron chi connectivity index (χ4n) is 3.05. The van der Waals surface area contributed by atoms with Crippen molar-refractivity contribution in [1.29, 1.82) is 0 Å². The summed E-state index contributed by atoms with van der Waals surface area (Å²) in [5.41, 5.74) is 0.606. The van der Waals surface area contributed by atoms with Gasteiger partial charge in [0.1, 0.15) is 0 Å².